The monoisotopic (exact) mass is 411 g/mol. The molecule has 2 atom stereocenters. The number of Topliss-reactive ketones (excluding diaryl/α,β-unsaturated/α-hetero) is 1. The zero-order valence-electron chi connectivity index (χ0n) is 14.7. The van der Waals surface area contributed by atoms with E-state index in [-0.39, 0.29) is 22.7 Å². The molecule has 0 radical (unpaired) electrons. The Hall–Kier alpha value is -2.68. The smallest absolute Gasteiger partial charge is 0.295 e. The van der Waals surface area contributed by atoms with Crippen molar-refractivity contribution in [2.24, 2.45) is 5.92 Å². The van der Waals surface area contributed by atoms with Crippen molar-refractivity contribution in [3.05, 3.63) is 65.2 Å². The van der Waals surface area contributed by atoms with E-state index in [1.165, 1.54) is 49.4 Å². The molecule has 1 aliphatic carbocycles. The predicted molar refractivity (Wildman–Crippen MR) is 94.1 cm³/mol. The van der Waals surface area contributed by atoms with E-state index in [2.05, 4.69) is 0 Å². The average molecular weight is 411 g/mol. The van der Waals surface area contributed by atoms with Crippen LogP contribution in [-0.2, 0) is 21.0 Å². The Labute approximate surface area is 159 Å². The van der Waals surface area contributed by atoms with Crippen molar-refractivity contribution in [3.8, 4) is 0 Å². The summed E-state index contributed by atoms with van der Waals surface area (Å²) < 4.78 is 65.9. The van der Waals surface area contributed by atoms with Crippen molar-refractivity contribution in [1.29, 1.82) is 0 Å². The van der Waals surface area contributed by atoms with Crippen LogP contribution in [0, 0.1) is 5.92 Å². The molecule has 1 aliphatic rings. The Bertz CT molecular complexity index is 1030. The van der Waals surface area contributed by atoms with Gasteiger partial charge in [0, 0.05) is 11.5 Å². The maximum absolute atomic E-state index is 13.1. The van der Waals surface area contributed by atoms with Crippen molar-refractivity contribution in [1.82, 2.24) is 4.72 Å². The molecule has 9 heteroatoms. The lowest BCUT2D eigenvalue weighted by Gasteiger charge is -2.12. The summed E-state index contributed by atoms with van der Waals surface area (Å²) in [6.07, 6.45) is -4.41. The minimum atomic E-state index is -4.55. The number of hydrogen-bond acceptors (Lipinski definition) is 4. The van der Waals surface area contributed by atoms with Gasteiger partial charge >= 0.3 is 6.18 Å². The van der Waals surface area contributed by atoms with Gasteiger partial charge in [0.2, 0.25) is 5.91 Å². The molecule has 0 spiro atoms. The molecular formula is C19H16F3NO4S. The highest BCUT2D eigenvalue weighted by Gasteiger charge is 2.48. The third kappa shape index (κ3) is 4.09. The highest BCUT2D eigenvalue weighted by Crippen LogP contribution is 2.51. The first-order chi connectivity index (χ1) is 13.0. The number of ketones is 1. The first-order valence-electron chi connectivity index (χ1n) is 8.34. The number of benzene rings is 2. The molecular weight excluding hydrogens is 395 g/mol. The van der Waals surface area contributed by atoms with Gasteiger partial charge in [-0.2, -0.15) is 13.2 Å². The lowest BCUT2D eigenvalue weighted by molar-refractivity contribution is -0.138. The van der Waals surface area contributed by atoms with E-state index >= 15 is 0 Å². The minimum absolute atomic E-state index is 0.0154. The molecule has 2 aromatic rings. The van der Waals surface area contributed by atoms with Gasteiger partial charge in [-0.15, -0.1) is 0 Å². The number of rotatable bonds is 5. The zero-order valence-corrected chi connectivity index (χ0v) is 15.5. The largest absolute Gasteiger partial charge is 0.416 e. The molecule has 1 N–H and O–H groups in total. The molecule has 5 nitrogen and oxygen atoms in total. The van der Waals surface area contributed by atoms with Gasteiger partial charge in [0.05, 0.1) is 10.5 Å². The van der Waals surface area contributed by atoms with Crippen LogP contribution in [0.1, 0.15) is 40.7 Å². The molecule has 0 aliphatic heterocycles. The first kappa shape index (κ1) is 20.1. The second-order valence-electron chi connectivity index (χ2n) is 6.58. The molecule has 1 saturated carbocycles. The highest BCUT2D eigenvalue weighted by molar-refractivity contribution is 7.90. The summed E-state index contributed by atoms with van der Waals surface area (Å²) in [7, 11) is -4.18. The summed E-state index contributed by atoms with van der Waals surface area (Å²) in [5, 5.41) is 0. The van der Waals surface area contributed by atoms with Gasteiger partial charge in [-0.05, 0) is 43.0 Å². The quantitative estimate of drug-likeness (QED) is 0.764. The Morgan fingerprint density at radius 2 is 1.64 bits per heavy atom. The van der Waals surface area contributed by atoms with Crippen molar-refractivity contribution in [2.75, 3.05) is 0 Å². The van der Waals surface area contributed by atoms with E-state index in [1.807, 2.05) is 4.72 Å². The fraction of sp³-hybridized carbons (Fsp3) is 0.263. The van der Waals surface area contributed by atoms with Crippen molar-refractivity contribution >= 4 is 21.7 Å². The Kier molecular flexibility index (Phi) is 5.05. The number of carbonyl (C=O) groups is 2. The summed E-state index contributed by atoms with van der Waals surface area (Å²) in [6.45, 7) is 1.33. The summed E-state index contributed by atoms with van der Waals surface area (Å²) in [5.41, 5.74) is -0.521. The van der Waals surface area contributed by atoms with Gasteiger partial charge in [-0.3, -0.25) is 9.59 Å². The number of nitrogens with one attached hydrogen (secondary N) is 1. The summed E-state index contributed by atoms with van der Waals surface area (Å²) >= 11 is 0. The zero-order chi connectivity index (χ0) is 20.7. The van der Waals surface area contributed by atoms with Gasteiger partial charge in [-0.1, -0.05) is 30.3 Å². The Morgan fingerprint density at radius 1 is 1.04 bits per heavy atom. The predicted octanol–water partition coefficient (Wildman–Crippen LogP) is 3.52. The Balaban J connectivity index is 1.74. The molecule has 2 aromatic carbocycles. The normalized spacial score (nSPS) is 19.1. The SMILES string of the molecule is CC(=O)c1ccc(S(=O)(=O)NC(=O)C2CC2c2ccccc2C(F)(F)F)cc1. The van der Waals surface area contributed by atoms with E-state index in [4.69, 9.17) is 0 Å². The third-order valence-electron chi connectivity index (χ3n) is 4.60. The fourth-order valence-electron chi connectivity index (χ4n) is 3.04. The molecule has 1 amide bonds. The molecule has 2 unspecified atom stereocenters. The van der Waals surface area contributed by atoms with E-state index < -0.39 is 39.5 Å². The minimum Gasteiger partial charge on any atom is -0.295 e. The van der Waals surface area contributed by atoms with Crippen LogP contribution < -0.4 is 4.72 Å². The standard InChI is InChI=1S/C19H16F3NO4S/c1-11(24)12-6-8-13(9-7-12)28(26,27)23-18(25)16-10-15(16)14-4-2-3-5-17(14)19(20,21)22/h2-9,15-16H,10H2,1H3,(H,23,25). The van der Waals surface area contributed by atoms with Crippen LogP contribution in [0.25, 0.3) is 0 Å². The van der Waals surface area contributed by atoms with Crippen LogP contribution in [0.2, 0.25) is 0 Å². The summed E-state index contributed by atoms with van der Waals surface area (Å²) in [6, 6.07) is 9.98. The number of amides is 1. The van der Waals surface area contributed by atoms with Gasteiger partial charge in [0.15, 0.2) is 5.78 Å². The average Bonchev–Trinajstić information content (AvgIpc) is 3.41. The Morgan fingerprint density at radius 3 is 2.21 bits per heavy atom. The van der Waals surface area contributed by atoms with Gasteiger partial charge in [0.25, 0.3) is 10.0 Å². The molecule has 0 aromatic heterocycles. The van der Waals surface area contributed by atoms with Gasteiger partial charge < -0.3 is 0 Å². The topological polar surface area (TPSA) is 80.3 Å². The number of hydrogen-bond donors (Lipinski definition) is 1. The highest BCUT2D eigenvalue weighted by atomic mass is 32.2. The van der Waals surface area contributed by atoms with E-state index in [1.54, 1.807) is 0 Å². The van der Waals surface area contributed by atoms with E-state index in [0.29, 0.717) is 5.56 Å². The van der Waals surface area contributed by atoms with Crippen molar-refractivity contribution in [3.63, 3.8) is 0 Å². The molecule has 0 heterocycles. The molecule has 1 fully saturated rings. The second kappa shape index (κ2) is 7.05. The van der Waals surface area contributed by atoms with Crippen molar-refractivity contribution < 1.29 is 31.2 Å². The number of halogens is 3. The van der Waals surface area contributed by atoms with Crippen LogP contribution in [0.4, 0.5) is 13.2 Å². The van der Waals surface area contributed by atoms with E-state index in [9.17, 15) is 31.2 Å². The van der Waals surface area contributed by atoms with Gasteiger partial charge in [-0.25, -0.2) is 13.1 Å². The van der Waals surface area contributed by atoms with Crippen LogP contribution in [0.5, 0.6) is 0 Å². The maximum Gasteiger partial charge on any atom is 0.416 e. The van der Waals surface area contributed by atoms with Crippen LogP contribution in [0.3, 0.4) is 0 Å². The number of sulfonamides is 1. The van der Waals surface area contributed by atoms with Crippen LogP contribution in [-0.4, -0.2) is 20.1 Å². The molecule has 0 bridgehead atoms. The van der Waals surface area contributed by atoms with Crippen LogP contribution >= 0.6 is 0 Å². The number of carbonyl (C=O) groups excluding carboxylic acids is 2. The molecule has 148 valence electrons. The lowest BCUT2D eigenvalue weighted by atomic mass is 10.0. The molecule has 0 saturated heterocycles. The number of alkyl halides is 3. The summed E-state index contributed by atoms with van der Waals surface area (Å²) in [5.74, 6) is -2.63. The van der Waals surface area contributed by atoms with Crippen molar-refractivity contribution in [2.45, 2.75) is 30.3 Å². The van der Waals surface area contributed by atoms with Gasteiger partial charge in [0.1, 0.15) is 0 Å². The van der Waals surface area contributed by atoms with Crippen LogP contribution in [0.15, 0.2) is 53.4 Å². The molecule has 28 heavy (non-hydrogen) atoms. The summed E-state index contributed by atoms with van der Waals surface area (Å²) in [4.78, 5) is 23.3. The lowest BCUT2D eigenvalue weighted by Crippen LogP contribution is -2.32. The second-order valence-corrected chi connectivity index (χ2v) is 8.27. The first-order valence-corrected chi connectivity index (χ1v) is 9.83. The fourth-order valence-corrected chi connectivity index (χ4v) is 4.07. The third-order valence-corrected chi connectivity index (χ3v) is 5.96. The van der Waals surface area contributed by atoms with E-state index in [0.717, 1.165) is 6.07 Å². The molecule has 3 rings (SSSR count). The maximum atomic E-state index is 13.1.